The van der Waals surface area contributed by atoms with Gasteiger partial charge in [0.05, 0.1) is 5.66 Å². The Labute approximate surface area is 149 Å². The van der Waals surface area contributed by atoms with Gasteiger partial charge in [-0.1, -0.05) is 30.3 Å². The van der Waals surface area contributed by atoms with Crippen LogP contribution in [-0.2, 0) is 27.2 Å². The Bertz CT molecular complexity index is 597. The molecule has 0 saturated carbocycles. The molecule has 0 fully saturated rings. The molecule has 2 atom stereocenters. The number of hydrazine groups is 1. The first-order valence-electron chi connectivity index (χ1n) is 7.67. The molecule has 2 unspecified atom stereocenters. The zero-order valence-corrected chi connectivity index (χ0v) is 17.3. The largest absolute Gasteiger partial charge is 0.348 e. The first-order chi connectivity index (χ1) is 11.8. The lowest BCUT2D eigenvalue weighted by Gasteiger charge is -2.32. The van der Waals surface area contributed by atoms with Gasteiger partial charge in [-0.3, -0.25) is 9.13 Å². The second kappa shape index (κ2) is 9.95. The number of benzene rings is 1. The summed E-state index contributed by atoms with van der Waals surface area (Å²) in [6.07, 6.45) is 0.153. The molecule has 10 heteroatoms. The number of hydrogen-bond donors (Lipinski definition) is 1. The molecule has 1 aromatic rings. The fraction of sp³-hybridized carbons (Fsp3) is 0.600. The van der Waals surface area contributed by atoms with Crippen LogP contribution in [0.1, 0.15) is 17.6 Å². The predicted molar refractivity (Wildman–Crippen MR) is 97.7 cm³/mol. The second-order valence-electron chi connectivity index (χ2n) is 5.51. The predicted octanol–water partition coefficient (Wildman–Crippen LogP) is 3.48. The number of nitrogens with one attached hydrogen (secondary N) is 1. The molecule has 0 aromatic heterocycles. The van der Waals surface area contributed by atoms with E-state index < -0.39 is 26.6 Å². The number of rotatable bonds is 11. The number of nitrogens with zero attached hydrogens (tertiary/aromatic N) is 1. The van der Waals surface area contributed by atoms with Crippen molar-refractivity contribution in [3.8, 4) is 0 Å². The zero-order valence-electron chi connectivity index (χ0n) is 15.5. The van der Waals surface area contributed by atoms with Crippen LogP contribution in [0.2, 0.25) is 0 Å². The van der Waals surface area contributed by atoms with E-state index in [1.807, 2.05) is 30.3 Å². The van der Waals surface area contributed by atoms with Crippen LogP contribution in [0.15, 0.2) is 30.3 Å². The van der Waals surface area contributed by atoms with Crippen molar-refractivity contribution in [2.45, 2.75) is 17.9 Å². The van der Waals surface area contributed by atoms with Crippen LogP contribution in [0.25, 0.3) is 0 Å². The summed E-state index contributed by atoms with van der Waals surface area (Å²) in [7, 11) is 1.83. The quantitative estimate of drug-likeness (QED) is 0.451. The molecule has 0 aliphatic carbocycles. The molecular formula is C15H28N2O6P2. The van der Waals surface area contributed by atoms with Gasteiger partial charge in [0, 0.05) is 42.5 Å². The Hall–Kier alpha value is -0.560. The average molecular weight is 394 g/mol. The lowest BCUT2D eigenvalue weighted by molar-refractivity contribution is 0.206. The van der Waals surface area contributed by atoms with Crippen molar-refractivity contribution in [1.29, 1.82) is 0 Å². The highest BCUT2D eigenvalue weighted by Crippen LogP contribution is 2.64. The van der Waals surface area contributed by atoms with Crippen LogP contribution in [0, 0.1) is 0 Å². The fourth-order valence-electron chi connectivity index (χ4n) is 2.54. The Morgan fingerprint density at radius 3 is 1.80 bits per heavy atom. The monoisotopic (exact) mass is 394 g/mol. The summed E-state index contributed by atoms with van der Waals surface area (Å²) < 4.78 is 46.8. The van der Waals surface area contributed by atoms with E-state index in [2.05, 4.69) is 5.43 Å². The van der Waals surface area contributed by atoms with Gasteiger partial charge < -0.3 is 18.1 Å². The van der Waals surface area contributed by atoms with E-state index in [0.29, 0.717) is 0 Å². The van der Waals surface area contributed by atoms with Crippen molar-refractivity contribution in [3.63, 3.8) is 0 Å². The Kier molecular flexibility index (Phi) is 8.95. The summed E-state index contributed by atoms with van der Waals surface area (Å²) in [6.45, 7) is 0. The average Bonchev–Trinajstić information content (AvgIpc) is 2.64. The van der Waals surface area contributed by atoms with Gasteiger partial charge in [0.2, 0.25) is 0 Å². The standard InChI is InChI=1S/C15H28N2O6P2/c1-17(2)16-15(25(19,22-5)23-6)12-14(24(18,20-3)21-4)13-10-8-7-9-11-13/h7-11,14-16H,12H2,1-6H3. The van der Waals surface area contributed by atoms with Gasteiger partial charge in [0.15, 0.2) is 0 Å². The van der Waals surface area contributed by atoms with Gasteiger partial charge >= 0.3 is 15.2 Å². The van der Waals surface area contributed by atoms with Crippen LogP contribution >= 0.6 is 15.2 Å². The van der Waals surface area contributed by atoms with Crippen molar-refractivity contribution in [1.82, 2.24) is 10.4 Å². The Morgan fingerprint density at radius 1 is 0.920 bits per heavy atom. The normalized spacial score (nSPS) is 15.3. The van der Waals surface area contributed by atoms with E-state index in [1.54, 1.807) is 19.1 Å². The fourth-order valence-corrected chi connectivity index (χ4v) is 5.87. The van der Waals surface area contributed by atoms with Crippen molar-refractivity contribution in [2.24, 2.45) is 0 Å². The molecule has 1 N–H and O–H groups in total. The summed E-state index contributed by atoms with van der Waals surface area (Å²) in [5, 5.41) is 1.64. The van der Waals surface area contributed by atoms with E-state index in [1.165, 1.54) is 28.4 Å². The SMILES string of the molecule is COP(=O)(OC)C(CC(c1ccccc1)P(=O)(OC)OC)NN(C)C. The Morgan fingerprint density at radius 2 is 1.40 bits per heavy atom. The smallest absolute Gasteiger partial charge is 0.312 e. The lowest BCUT2D eigenvalue weighted by atomic mass is 10.1. The summed E-state index contributed by atoms with van der Waals surface area (Å²) >= 11 is 0. The third-order valence-electron chi connectivity index (χ3n) is 3.82. The molecule has 8 nitrogen and oxygen atoms in total. The highest BCUT2D eigenvalue weighted by molar-refractivity contribution is 7.55. The molecule has 25 heavy (non-hydrogen) atoms. The third kappa shape index (κ3) is 5.71. The highest BCUT2D eigenvalue weighted by Gasteiger charge is 2.43. The molecule has 0 radical (unpaired) electrons. The van der Waals surface area contributed by atoms with Crippen LogP contribution < -0.4 is 5.43 Å². The summed E-state index contributed by atoms with van der Waals surface area (Å²) in [5.74, 6) is -0.749. The van der Waals surface area contributed by atoms with Gasteiger partial charge in [-0.15, -0.1) is 0 Å². The maximum Gasteiger partial charge on any atom is 0.348 e. The number of hydrogen-bond acceptors (Lipinski definition) is 8. The Balaban J connectivity index is 3.33. The minimum Gasteiger partial charge on any atom is -0.312 e. The van der Waals surface area contributed by atoms with Crippen molar-refractivity contribution in [2.75, 3.05) is 42.5 Å². The molecule has 1 aromatic carbocycles. The van der Waals surface area contributed by atoms with Gasteiger partial charge in [0.1, 0.15) is 5.78 Å². The van der Waals surface area contributed by atoms with E-state index in [4.69, 9.17) is 18.1 Å². The van der Waals surface area contributed by atoms with Crippen molar-refractivity contribution in [3.05, 3.63) is 35.9 Å². The lowest BCUT2D eigenvalue weighted by Crippen LogP contribution is -2.41. The minimum atomic E-state index is -3.50. The first kappa shape index (κ1) is 22.5. The molecule has 0 aliphatic rings. The molecule has 0 amide bonds. The van der Waals surface area contributed by atoms with Crippen molar-refractivity contribution < 1.29 is 27.2 Å². The summed E-state index contributed by atoms with van der Waals surface area (Å²) in [4.78, 5) is 0. The topological polar surface area (TPSA) is 86.3 Å². The van der Waals surface area contributed by atoms with E-state index in [-0.39, 0.29) is 6.42 Å². The van der Waals surface area contributed by atoms with E-state index >= 15 is 0 Å². The van der Waals surface area contributed by atoms with Crippen molar-refractivity contribution >= 4 is 15.2 Å². The van der Waals surface area contributed by atoms with E-state index in [9.17, 15) is 9.13 Å². The summed E-state index contributed by atoms with van der Waals surface area (Å²) in [5.41, 5.74) is 3.13. The maximum atomic E-state index is 13.1. The molecule has 0 spiro atoms. The minimum absolute atomic E-state index is 0.153. The first-order valence-corrected chi connectivity index (χ1v) is 10.9. The molecule has 1 rings (SSSR count). The van der Waals surface area contributed by atoms with Gasteiger partial charge in [-0.25, -0.2) is 10.4 Å². The van der Waals surface area contributed by atoms with Crippen LogP contribution in [-0.4, -0.2) is 53.3 Å². The molecular weight excluding hydrogens is 366 g/mol. The molecule has 144 valence electrons. The van der Waals surface area contributed by atoms with Gasteiger partial charge in [-0.05, 0) is 12.0 Å². The highest BCUT2D eigenvalue weighted by atomic mass is 31.2. The van der Waals surface area contributed by atoms with Crippen LogP contribution in [0.4, 0.5) is 0 Å². The van der Waals surface area contributed by atoms with Crippen LogP contribution in [0.5, 0.6) is 0 Å². The third-order valence-corrected chi connectivity index (χ3v) is 8.22. The maximum absolute atomic E-state index is 13.1. The molecule has 0 bridgehead atoms. The molecule has 0 aliphatic heterocycles. The zero-order chi connectivity index (χ0) is 19.1. The van der Waals surface area contributed by atoms with Gasteiger partial charge in [0.25, 0.3) is 0 Å². The molecule has 0 saturated heterocycles. The van der Waals surface area contributed by atoms with Gasteiger partial charge in [-0.2, -0.15) is 0 Å². The summed E-state index contributed by atoms with van der Waals surface area (Å²) in [6, 6.07) is 9.17. The van der Waals surface area contributed by atoms with E-state index in [0.717, 1.165) is 5.56 Å². The molecule has 0 heterocycles. The van der Waals surface area contributed by atoms with Crippen LogP contribution in [0.3, 0.4) is 0 Å². The second-order valence-corrected chi connectivity index (χ2v) is 10.4.